The molecule has 2 amide bonds. The average Bonchev–Trinajstić information content (AvgIpc) is 3.59. The molecule has 16 heteroatoms. The van der Waals surface area contributed by atoms with E-state index in [-0.39, 0.29) is 52.3 Å². The van der Waals surface area contributed by atoms with Crippen molar-refractivity contribution >= 4 is 40.6 Å². The van der Waals surface area contributed by atoms with Crippen LogP contribution in [0.15, 0.2) is 43.0 Å². The number of aromatic nitrogens is 5. The van der Waals surface area contributed by atoms with Gasteiger partial charge in [0.05, 0.1) is 40.3 Å². The Hall–Kier alpha value is -4.21. The number of alkyl halides is 3. The number of aromatic amines is 1. The summed E-state index contributed by atoms with van der Waals surface area (Å²) in [5.74, 6) is -0.494. The van der Waals surface area contributed by atoms with Gasteiger partial charge in [-0.3, -0.25) is 19.1 Å². The number of carbonyl (C=O) groups is 2. The molecule has 0 aliphatic carbocycles. The first-order valence-corrected chi connectivity index (χ1v) is 13.0. The highest BCUT2D eigenvalue weighted by Crippen LogP contribution is 2.36. The second-order valence-electron chi connectivity index (χ2n) is 9.03. The molecule has 3 heterocycles. The van der Waals surface area contributed by atoms with Gasteiger partial charge in [-0.25, -0.2) is 9.97 Å². The largest absolute Gasteiger partial charge is 0.433 e. The van der Waals surface area contributed by atoms with Crippen molar-refractivity contribution in [1.29, 1.82) is 0 Å². The van der Waals surface area contributed by atoms with Crippen LogP contribution in [0, 0.1) is 0 Å². The van der Waals surface area contributed by atoms with E-state index < -0.39 is 23.8 Å². The van der Waals surface area contributed by atoms with Crippen LogP contribution in [-0.4, -0.2) is 62.1 Å². The van der Waals surface area contributed by atoms with Crippen LogP contribution >= 0.6 is 11.6 Å². The number of unbranched alkanes of at least 4 members (excludes halogenated alkanes) is 1. The Labute approximate surface area is 237 Å². The summed E-state index contributed by atoms with van der Waals surface area (Å²) in [4.78, 5) is 33.1. The summed E-state index contributed by atoms with van der Waals surface area (Å²) in [7, 11) is 0. The van der Waals surface area contributed by atoms with Crippen LogP contribution in [0.5, 0.6) is 0 Å². The zero-order chi connectivity index (χ0) is 29.6. The van der Waals surface area contributed by atoms with Crippen molar-refractivity contribution in [3.05, 3.63) is 59.3 Å². The summed E-state index contributed by atoms with van der Waals surface area (Å²) < 4.78 is 41.6. The minimum Gasteiger partial charge on any atom is -0.353 e. The molecule has 0 aliphatic heterocycles. The van der Waals surface area contributed by atoms with Crippen LogP contribution in [0.1, 0.15) is 35.3 Å². The molecular weight excluding hydrogens is 565 g/mol. The van der Waals surface area contributed by atoms with Gasteiger partial charge in [-0.05, 0) is 37.6 Å². The van der Waals surface area contributed by atoms with Gasteiger partial charge in [-0.2, -0.15) is 18.3 Å². The number of halogens is 4. The normalized spacial score (nSPS) is 12.3. The number of hydrogen-bond acceptors (Lipinski definition) is 8. The van der Waals surface area contributed by atoms with Gasteiger partial charge in [0, 0.05) is 31.2 Å². The molecule has 0 saturated heterocycles. The molecule has 0 saturated carbocycles. The minimum absolute atomic E-state index is 0.141. The quantitative estimate of drug-likeness (QED) is 0.136. The fraction of sp³-hybridized carbons (Fsp3) is 0.320. The number of benzene rings is 1. The van der Waals surface area contributed by atoms with E-state index in [2.05, 4.69) is 31.0 Å². The number of imidazole rings is 1. The van der Waals surface area contributed by atoms with Gasteiger partial charge < -0.3 is 27.4 Å². The van der Waals surface area contributed by atoms with E-state index in [0.717, 1.165) is 19.0 Å². The maximum Gasteiger partial charge on any atom is 0.433 e. The maximum atomic E-state index is 13.4. The molecule has 0 aliphatic rings. The van der Waals surface area contributed by atoms with Crippen molar-refractivity contribution in [2.75, 3.05) is 25.0 Å². The Balaban J connectivity index is 1.38. The third-order valence-corrected chi connectivity index (χ3v) is 6.43. The lowest BCUT2D eigenvalue weighted by Gasteiger charge is -2.13. The Morgan fingerprint density at radius 3 is 2.63 bits per heavy atom. The first-order chi connectivity index (χ1) is 19.6. The summed E-state index contributed by atoms with van der Waals surface area (Å²) >= 11 is 6.35. The molecule has 0 spiro atoms. The number of nitrogens with two attached hydrogens (primary N) is 2. The molecule has 1 unspecified atom stereocenters. The molecule has 1 aromatic carbocycles. The van der Waals surface area contributed by atoms with Gasteiger partial charge in [0.25, 0.3) is 5.91 Å². The summed E-state index contributed by atoms with van der Waals surface area (Å²) in [5.41, 5.74) is 11.2. The molecule has 12 nitrogen and oxygen atoms in total. The topological polar surface area (TPSA) is 181 Å². The molecule has 4 rings (SSSR count). The van der Waals surface area contributed by atoms with Crippen LogP contribution in [0.4, 0.5) is 24.7 Å². The van der Waals surface area contributed by atoms with Crippen molar-refractivity contribution in [3.8, 4) is 11.3 Å². The van der Waals surface area contributed by atoms with Crippen molar-refractivity contribution < 1.29 is 22.8 Å². The highest BCUT2D eigenvalue weighted by molar-refractivity contribution is 6.34. The van der Waals surface area contributed by atoms with E-state index >= 15 is 0 Å². The summed E-state index contributed by atoms with van der Waals surface area (Å²) in [6, 6.07) is 3.97. The maximum absolute atomic E-state index is 13.4. The third-order valence-electron chi connectivity index (χ3n) is 6.12. The van der Waals surface area contributed by atoms with E-state index in [4.69, 9.17) is 23.1 Å². The van der Waals surface area contributed by atoms with Crippen molar-refractivity contribution in [2.45, 2.75) is 31.5 Å². The standard InChI is InChI=1S/C25H28ClF3N10O2/c26-17-11-14(4-5-15(17)23(40)33-7-8-34-24(41)18(31)3-1-2-6-30)37-21-22-35-13-19(39(22)10-9-32-21)16-12-36-38-20(16)25(27,28)29/h4-5,9-13,18H,1-3,6-8,30-31H2,(H,32,37)(H,33,40)(H,34,41)(H,36,38). The first-order valence-electron chi connectivity index (χ1n) is 12.6. The fourth-order valence-corrected chi connectivity index (χ4v) is 4.31. The van der Waals surface area contributed by atoms with Crippen LogP contribution < -0.4 is 27.4 Å². The predicted molar refractivity (Wildman–Crippen MR) is 147 cm³/mol. The monoisotopic (exact) mass is 592 g/mol. The van der Waals surface area contributed by atoms with Gasteiger partial charge in [-0.15, -0.1) is 0 Å². The molecule has 41 heavy (non-hydrogen) atoms. The van der Waals surface area contributed by atoms with Gasteiger partial charge in [0.1, 0.15) is 5.69 Å². The fourth-order valence-electron chi connectivity index (χ4n) is 4.04. The second-order valence-corrected chi connectivity index (χ2v) is 9.43. The number of nitrogens with one attached hydrogen (secondary N) is 4. The Morgan fingerprint density at radius 2 is 1.90 bits per heavy atom. The van der Waals surface area contributed by atoms with Gasteiger partial charge in [-0.1, -0.05) is 18.0 Å². The Bertz CT molecular complexity index is 1520. The first kappa shape index (κ1) is 29.8. The smallest absolute Gasteiger partial charge is 0.353 e. The number of nitrogens with zero attached hydrogens (tertiary/aromatic N) is 4. The number of fused-ring (bicyclic) bond motifs is 1. The van der Waals surface area contributed by atoms with E-state index in [1.54, 1.807) is 6.07 Å². The lowest BCUT2D eigenvalue weighted by molar-refractivity contribution is -0.140. The molecule has 1 atom stereocenters. The zero-order valence-corrected chi connectivity index (χ0v) is 22.4. The van der Waals surface area contributed by atoms with Crippen molar-refractivity contribution in [1.82, 2.24) is 35.2 Å². The highest BCUT2D eigenvalue weighted by atomic mass is 35.5. The summed E-state index contributed by atoms with van der Waals surface area (Å²) in [5, 5.41) is 14.0. The zero-order valence-electron chi connectivity index (χ0n) is 21.6. The molecule has 218 valence electrons. The lowest BCUT2D eigenvalue weighted by Crippen LogP contribution is -2.43. The molecule has 0 radical (unpaired) electrons. The molecular formula is C25H28ClF3N10O2. The number of hydrogen-bond donors (Lipinski definition) is 6. The average molecular weight is 593 g/mol. The number of amides is 2. The second kappa shape index (κ2) is 13.0. The summed E-state index contributed by atoms with van der Waals surface area (Å²) in [6.07, 6.45) is 2.71. The molecule has 8 N–H and O–H groups in total. The molecule has 3 aromatic heterocycles. The van der Waals surface area contributed by atoms with E-state index in [1.165, 1.54) is 35.1 Å². The molecule has 4 aromatic rings. The van der Waals surface area contributed by atoms with Gasteiger partial charge in [0.15, 0.2) is 11.5 Å². The summed E-state index contributed by atoms with van der Waals surface area (Å²) in [6.45, 7) is 0.898. The number of carbonyl (C=O) groups excluding carboxylic acids is 2. The SMILES string of the molecule is NCCCCC(N)C(=O)NCCNC(=O)c1ccc(Nc2nccn3c(-c4cn[nH]c4C(F)(F)F)cnc23)cc1Cl. The highest BCUT2D eigenvalue weighted by Gasteiger charge is 2.36. The van der Waals surface area contributed by atoms with Gasteiger partial charge in [0.2, 0.25) is 5.91 Å². The lowest BCUT2D eigenvalue weighted by atomic mass is 10.1. The van der Waals surface area contributed by atoms with E-state index in [0.29, 0.717) is 18.7 Å². The predicted octanol–water partition coefficient (Wildman–Crippen LogP) is 2.84. The number of anilines is 2. The van der Waals surface area contributed by atoms with Crippen LogP contribution in [-0.2, 0) is 11.0 Å². The van der Waals surface area contributed by atoms with Crippen LogP contribution in [0.2, 0.25) is 5.02 Å². The third kappa shape index (κ3) is 7.11. The van der Waals surface area contributed by atoms with E-state index in [9.17, 15) is 22.8 Å². The molecule has 0 fully saturated rings. The number of rotatable bonds is 12. The van der Waals surface area contributed by atoms with Crippen molar-refractivity contribution in [2.24, 2.45) is 11.5 Å². The Morgan fingerprint density at radius 1 is 1.12 bits per heavy atom. The Kier molecular flexibility index (Phi) is 9.42. The van der Waals surface area contributed by atoms with Crippen LogP contribution in [0.25, 0.3) is 16.9 Å². The number of H-pyrrole nitrogens is 1. The van der Waals surface area contributed by atoms with E-state index in [1.807, 2.05) is 5.10 Å². The van der Waals surface area contributed by atoms with Crippen molar-refractivity contribution in [3.63, 3.8) is 0 Å². The van der Waals surface area contributed by atoms with Crippen LogP contribution in [0.3, 0.4) is 0 Å². The minimum atomic E-state index is -4.62. The van der Waals surface area contributed by atoms with Gasteiger partial charge >= 0.3 is 6.18 Å². The molecule has 0 bridgehead atoms.